The highest BCUT2D eigenvalue weighted by molar-refractivity contribution is 7.47. The summed E-state index contributed by atoms with van der Waals surface area (Å²) in [7, 11) is -9.92. The molecule has 0 radical (unpaired) electrons. The standard InChI is InChI=1S/C84H164O17P2/c1-74(2)60-52-44-36-30-24-19-15-11-9-10-12-17-21-27-33-39-48-56-64-81(86)94-70-79(100-84(89)67-59-51-41-35-29-23-26-32-38-46-54-62-76(5)6)72-98-102(90,91)96-68-78(85)69-97-103(92,93)99-73-80(71-95-82(87)65-57-49-43-42-47-55-63-77(7)8)101-83(88)66-58-50-40-34-28-22-18-14-13-16-20-25-31-37-45-53-61-75(3)4/h74-80,85H,9-73H2,1-8H3,(H,90,91)(H,92,93)/t78?,79-,80-/m1/s1. The second-order valence-electron chi connectivity index (χ2n) is 32.1. The third-order valence-corrected chi connectivity index (χ3v) is 21.5. The second kappa shape index (κ2) is 72.9. The molecule has 0 saturated carbocycles. The molecule has 0 aliphatic carbocycles. The van der Waals surface area contributed by atoms with E-state index in [9.17, 15) is 43.2 Å². The van der Waals surface area contributed by atoms with Gasteiger partial charge in [0.1, 0.15) is 19.3 Å². The van der Waals surface area contributed by atoms with Gasteiger partial charge >= 0.3 is 39.5 Å². The van der Waals surface area contributed by atoms with Gasteiger partial charge in [0.15, 0.2) is 12.2 Å². The van der Waals surface area contributed by atoms with Gasteiger partial charge in [-0.2, -0.15) is 0 Å². The first-order chi connectivity index (χ1) is 49.6. The van der Waals surface area contributed by atoms with Crippen LogP contribution >= 0.6 is 15.6 Å². The molecular weight excluding hydrogens is 1340 g/mol. The van der Waals surface area contributed by atoms with Crippen LogP contribution in [0.15, 0.2) is 0 Å². The minimum Gasteiger partial charge on any atom is -0.462 e. The normalized spacial score (nSPS) is 14.0. The number of hydrogen-bond acceptors (Lipinski definition) is 15. The third-order valence-electron chi connectivity index (χ3n) is 19.6. The van der Waals surface area contributed by atoms with Crippen molar-refractivity contribution in [3.63, 3.8) is 0 Å². The monoisotopic (exact) mass is 1510 g/mol. The van der Waals surface area contributed by atoms with Crippen molar-refractivity contribution in [2.75, 3.05) is 39.6 Å². The molecule has 0 fully saturated rings. The van der Waals surface area contributed by atoms with Gasteiger partial charge in [0.25, 0.3) is 0 Å². The number of aliphatic hydroxyl groups excluding tert-OH is 1. The maximum Gasteiger partial charge on any atom is 0.472 e. The Kier molecular flexibility index (Phi) is 71.5. The largest absolute Gasteiger partial charge is 0.472 e. The van der Waals surface area contributed by atoms with Gasteiger partial charge in [-0.3, -0.25) is 37.3 Å². The summed E-state index contributed by atoms with van der Waals surface area (Å²) in [5.74, 6) is 0.964. The number of hydrogen-bond donors (Lipinski definition) is 3. The number of unbranched alkanes of at least 4 members (excludes halogenated alkanes) is 47. The summed E-state index contributed by atoms with van der Waals surface area (Å²) in [5, 5.41) is 10.7. The van der Waals surface area contributed by atoms with Crippen LogP contribution < -0.4 is 0 Å². The summed E-state index contributed by atoms with van der Waals surface area (Å²) in [6.07, 6.45) is 61.3. The molecule has 0 rings (SSSR count). The highest BCUT2D eigenvalue weighted by Crippen LogP contribution is 2.45. The van der Waals surface area contributed by atoms with Gasteiger partial charge < -0.3 is 33.8 Å². The molecule has 0 amide bonds. The van der Waals surface area contributed by atoms with Crippen molar-refractivity contribution in [1.29, 1.82) is 0 Å². The van der Waals surface area contributed by atoms with Gasteiger partial charge in [0.05, 0.1) is 26.4 Å². The van der Waals surface area contributed by atoms with Crippen molar-refractivity contribution in [1.82, 2.24) is 0 Å². The zero-order valence-electron chi connectivity index (χ0n) is 68.0. The number of esters is 4. The van der Waals surface area contributed by atoms with Crippen LogP contribution in [-0.4, -0.2) is 96.7 Å². The Morgan fingerprint density at radius 3 is 0.602 bits per heavy atom. The van der Waals surface area contributed by atoms with Crippen molar-refractivity contribution in [2.45, 2.75) is 453 Å². The molecule has 0 aromatic rings. The minimum absolute atomic E-state index is 0.107. The summed E-state index contributed by atoms with van der Waals surface area (Å²) < 4.78 is 68.8. The molecule has 0 spiro atoms. The Bertz CT molecular complexity index is 2010. The average Bonchev–Trinajstić information content (AvgIpc) is 0.970. The number of carbonyl (C=O) groups excluding carboxylic acids is 4. The van der Waals surface area contributed by atoms with E-state index >= 15 is 0 Å². The van der Waals surface area contributed by atoms with Crippen LogP contribution in [0, 0.1) is 23.7 Å². The maximum atomic E-state index is 13.1. The second-order valence-corrected chi connectivity index (χ2v) is 35.0. The molecule has 3 unspecified atom stereocenters. The molecule has 0 aliphatic heterocycles. The van der Waals surface area contributed by atoms with Crippen molar-refractivity contribution in [2.24, 2.45) is 23.7 Å². The topological polar surface area (TPSA) is 237 Å². The number of ether oxygens (including phenoxy) is 4. The van der Waals surface area contributed by atoms with Crippen LogP contribution in [0.3, 0.4) is 0 Å². The predicted molar refractivity (Wildman–Crippen MR) is 423 cm³/mol. The van der Waals surface area contributed by atoms with E-state index in [1.165, 1.54) is 231 Å². The first-order valence-electron chi connectivity index (χ1n) is 43.2. The van der Waals surface area contributed by atoms with Gasteiger partial charge in [0.2, 0.25) is 0 Å². The molecule has 103 heavy (non-hydrogen) atoms. The van der Waals surface area contributed by atoms with Gasteiger partial charge in [-0.15, -0.1) is 0 Å². The van der Waals surface area contributed by atoms with Gasteiger partial charge in [0, 0.05) is 25.7 Å². The zero-order chi connectivity index (χ0) is 76.0. The van der Waals surface area contributed by atoms with E-state index in [0.29, 0.717) is 31.6 Å². The van der Waals surface area contributed by atoms with Crippen LogP contribution in [0.25, 0.3) is 0 Å². The van der Waals surface area contributed by atoms with Crippen molar-refractivity contribution in [3.05, 3.63) is 0 Å². The molecule has 0 heterocycles. The first-order valence-corrected chi connectivity index (χ1v) is 46.2. The molecule has 0 bridgehead atoms. The molecular formula is C84H164O17P2. The quantitative estimate of drug-likeness (QED) is 0.0222. The van der Waals surface area contributed by atoms with Crippen LogP contribution in [0.2, 0.25) is 0 Å². The Balaban J connectivity index is 5.17. The van der Waals surface area contributed by atoms with Crippen molar-refractivity contribution >= 4 is 39.5 Å². The lowest BCUT2D eigenvalue weighted by Gasteiger charge is -2.21. The summed E-state index contributed by atoms with van der Waals surface area (Å²) in [4.78, 5) is 73.1. The lowest BCUT2D eigenvalue weighted by atomic mass is 10.0. The molecule has 17 nitrogen and oxygen atoms in total. The van der Waals surface area contributed by atoms with Crippen LogP contribution in [0.4, 0.5) is 0 Å². The zero-order valence-corrected chi connectivity index (χ0v) is 69.7. The van der Waals surface area contributed by atoms with Gasteiger partial charge in [-0.1, -0.05) is 383 Å². The minimum atomic E-state index is -4.96. The molecule has 0 aromatic carbocycles. The predicted octanol–water partition coefficient (Wildman–Crippen LogP) is 25.2. The summed E-state index contributed by atoms with van der Waals surface area (Å²) in [5.41, 5.74) is 0. The fraction of sp³-hybridized carbons (Fsp3) is 0.952. The Morgan fingerprint density at radius 2 is 0.408 bits per heavy atom. The van der Waals surface area contributed by atoms with Crippen LogP contribution in [0.1, 0.15) is 434 Å². The average molecular weight is 1510 g/mol. The first kappa shape index (κ1) is 101. The van der Waals surface area contributed by atoms with E-state index < -0.39 is 97.5 Å². The van der Waals surface area contributed by atoms with E-state index in [1.54, 1.807) is 0 Å². The maximum absolute atomic E-state index is 13.1. The number of aliphatic hydroxyl groups is 1. The number of phosphoric ester groups is 2. The van der Waals surface area contributed by atoms with Crippen LogP contribution in [0.5, 0.6) is 0 Å². The summed E-state index contributed by atoms with van der Waals surface area (Å²) in [6, 6.07) is 0. The Labute approximate surface area is 632 Å². The number of phosphoric acid groups is 2. The Morgan fingerprint density at radius 1 is 0.243 bits per heavy atom. The molecule has 3 N–H and O–H groups in total. The van der Waals surface area contributed by atoms with E-state index in [4.69, 9.17) is 37.0 Å². The molecule has 612 valence electrons. The molecule has 5 atom stereocenters. The molecule has 19 heteroatoms. The van der Waals surface area contributed by atoms with E-state index in [0.717, 1.165) is 114 Å². The SMILES string of the molecule is CC(C)CCCCCCCCCCCCCCCCCCCCC(=O)OC[C@H](COP(=O)(O)OCC(O)COP(=O)(O)OC[C@@H](COC(=O)CCCCCCCCC(C)C)OC(=O)CCCCCCCCCCCCCCCCCCC(C)C)OC(=O)CCCCCCCCCCCCCC(C)C. The lowest BCUT2D eigenvalue weighted by Crippen LogP contribution is -2.30. The number of rotatable bonds is 81. The smallest absolute Gasteiger partial charge is 0.462 e. The van der Waals surface area contributed by atoms with E-state index in [1.807, 2.05) is 0 Å². The van der Waals surface area contributed by atoms with Crippen molar-refractivity contribution in [3.8, 4) is 0 Å². The summed E-state index contributed by atoms with van der Waals surface area (Å²) in [6.45, 7) is 14.2. The van der Waals surface area contributed by atoms with Gasteiger partial charge in [-0.05, 0) is 49.4 Å². The Hall–Kier alpha value is -1.94. The highest BCUT2D eigenvalue weighted by atomic mass is 31.2. The fourth-order valence-corrected chi connectivity index (χ4v) is 14.5. The van der Waals surface area contributed by atoms with Crippen molar-refractivity contribution < 1.29 is 80.2 Å². The van der Waals surface area contributed by atoms with E-state index in [2.05, 4.69) is 55.4 Å². The summed E-state index contributed by atoms with van der Waals surface area (Å²) >= 11 is 0. The van der Waals surface area contributed by atoms with Gasteiger partial charge in [-0.25, -0.2) is 9.13 Å². The van der Waals surface area contributed by atoms with Crippen LogP contribution in [-0.2, 0) is 65.4 Å². The molecule has 0 aromatic heterocycles. The fourth-order valence-electron chi connectivity index (χ4n) is 13.0. The third kappa shape index (κ3) is 78.0. The lowest BCUT2D eigenvalue weighted by molar-refractivity contribution is -0.161. The number of carbonyl (C=O) groups is 4. The molecule has 0 aliphatic rings. The van der Waals surface area contributed by atoms with E-state index in [-0.39, 0.29) is 25.7 Å². The molecule has 0 saturated heterocycles. The highest BCUT2D eigenvalue weighted by Gasteiger charge is 2.30.